The van der Waals surface area contributed by atoms with E-state index in [0.29, 0.717) is 0 Å². The molecule has 36 heavy (non-hydrogen) atoms. The van der Waals surface area contributed by atoms with Crippen molar-refractivity contribution in [2.75, 3.05) is 6.54 Å². The molecule has 0 spiro atoms. The quantitative estimate of drug-likeness (QED) is 0.522. The average molecular weight is 519 g/mol. The fraction of sp³-hybridized carbons (Fsp3) is 0.538. The van der Waals surface area contributed by atoms with E-state index in [0.717, 1.165) is 21.7 Å². The Morgan fingerprint density at radius 1 is 1.19 bits per heavy atom. The van der Waals surface area contributed by atoms with Crippen molar-refractivity contribution in [3.63, 3.8) is 0 Å². The van der Waals surface area contributed by atoms with Crippen LogP contribution in [-0.2, 0) is 20.9 Å². The Kier molecular flexibility index (Phi) is 8.20. The molecule has 0 unspecified atom stereocenters. The van der Waals surface area contributed by atoms with Crippen LogP contribution in [0.15, 0.2) is 29.8 Å². The van der Waals surface area contributed by atoms with Gasteiger partial charge < -0.3 is 20.6 Å². The first-order chi connectivity index (χ1) is 16.7. The van der Waals surface area contributed by atoms with Crippen LogP contribution in [-0.4, -0.2) is 63.1 Å². The summed E-state index contributed by atoms with van der Waals surface area (Å²) in [5.41, 5.74) is 1.75. The molecule has 1 fully saturated rings. The SMILES string of the molecule is Cc1ncsc1-c1ccc(CNC(=O)[C@@H]2C[C@@H](O)CN2C(=O)[C@@H](NC(=O)C(C)(C)C)C(C)(C)F)cc1. The standard InChI is InChI=1S/C26H35FN4O4S/c1-15-20(36-14-29-15)17-9-7-16(8-10-17)12-28-22(33)19-11-18(32)13-31(19)23(34)21(26(5,6)27)30-24(35)25(2,3)4/h7-10,14,18-19,21,32H,11-13H2,1-6H3,(H,28,33)(H,30,35)/t18-,19+,21-/m1/s1. The summed E-state index contributed by atoms with van der Waals surface area (Å²) >= 11 is 1.56. The number of rotatable bonds is 7. The summed E-state index contributed by atoms with van der Waals surface area (Å²) in [4.78, 5) is 45.4. The van der Waals surface area contributed by atoms with Crippen LogP contribution >= 0.6 is 11.3 Å². The lowest BCUT2D eigenvalue weighted by atomic mass is 9.92. The third-order valence-corrected chi connectivity index (χ3v) is 7.16. The number of carbonyl (C=O) groups excluding carboxylic acids is 3. The number of nitrogens with one attached hydrogen (secondary N) is 2. The number of aliphatic hydroxyl groups excluding tert-OH is 1. The molecule has 0 aliphatic carbocycles. The molecule has 0 radical (unpaired) electrons. The maximum atomic E-state index is 15.0. The molecule has 1 aliphatic rings. The number of β-amino-alcohol motifs (C(OH)–C–C–N with tert-alkyl or cyclic N) is 1. The number of aryl methyl sites for hydroxylation is 1. The van der Waals surface area contributed by atoms with Gasteiger partial charge in [-0.3, -0.25) is 14.4 Å². The zero-order valence-corrected chi connectivity index (χ0v) is 22.4. The molecule has 1 saturated heterocycles. The third kappa shape index (κ3) is 6.47. The number of halogens is 1. The highest BCUT2D eigenvalue weighted by Crippen LogP contribution is 2.28. The lowest BCUT2D eigenvalue weighted by Gasteiger charge is -2.34. The van der Waals surface area contributed by atoms with Crippen LogP contribution in [0.4, 0.5) is 4.39 Å². The maximum absolute atomic E-state index is 15.0. The minimum atomic E-state index is -2.08. The van der Waals surface area contributed by atoms with Gasteiger partial charge in [0.05, 0.1) is 22.2 Å². The molecule has 0 bridgehead atoms. The van der Waals surface area contributed by atoms with Gasteiger partial charge in [0.1, 0.15) is 17.8 Å². The van der Waals surface area contributed by atoms with Crippen molar-refractivity contribution in [3.05, 3.63) is 41.0 Å². The predicted octanol–water partition coefficient (Wildman–Crippen LogP) is 2.98. The van der Waals surface area contributed by atoms with E-state index in [4.69, 9.17) is 0 Å². The number of carbonyl (C=O) groups is 3. The van der Waals surface area contributed by atoms with Gasteiger partial charge >= 0.3 is 0 Å². The monoisotopic (exact) mass is 518 g/mol. The van der Waals surface area contributed by atoms with Crippen LogP contribution < -0.4 is 10.6 Å². The molecule has 3 rings (SSSR count). The Balaban J connectivity index is 1.69. The van der Waals surface area contributed by atoms with Gasteiger partial charge in [0, 0.05) is 24.9 Å². The van der Waals surface area contributed by atoms with Crippen molar-refractivity contribution < 1.29 is 23.9 Å². The zero-order valence-electron chi connectivity index (χ0n) is 21.6. The minimum absolute atomic E-state index is 0.0355. The number of aromatic nitrogens is 1. The van der Waals surface area contributed by atoms with Gasteiger partial charge in [-0.1, -0.05) is 45.0 Å². The van der Waals surface area contributed by atoms with Gasteiger partial charge in [0.25, 0.3) is 0 Å². The van der Waals surface area contributed by atoms with Crippen LogP contribution in [0, 0.1) is 12.3 Å². The fourth-order valence-corrected chi connectivity index (χ4v) is 4.82. The van der Waals surface area contributed by atoms with Crippen molar-refractivity contribution in [1.82, 2.24) is 20.5 Å². The molecule has 1 aliphatic heterocycles. The fourth-order valence-electron chi connectivity index (χ4n) is 4.01. The van der Waals surface area contributed by atoms with E-state index < -0.39 is 47.0 Å². The molecule has 1 aromatic heterocycles. The Morgan fingerprint density at radius 2 is 1.83 bits per heavy atom. The largest absolute Gasteiger partial charge is 0.391 e. The van der Waals surface area contributed by atoms with Crippen LogP contribution in [0.3, 0.4) is 0 Å². The lowest BCUT2D eigenvalue weighted by Crippen LogP contribution is -2.60. The molecule has 2 aromatic rings. The molecule has 1 aromatic carbocycles. The molecular formula is C26H35FN4O4S. The van der Waals surface area contributed by atoms with E-state index in [1.807, 2.05) is 31.2 Å². The van der Waals surface area contributed by atoms with E-state index in [1.165, 1.54) is 18.7 Å². The molecule has 196 valence electrons. The molecular weight excluding hydrogens is 483 g/mol. The number of amides is 3. The Hall–Kier alpha value is -2.85. The Labute approximate surface area is 215 Å². The summed E-state index contributed by atoms with van der Waals surface area (Å²) in [5.74, 6) is -1.66. The van der Waals surface area contributed by atoms with Gasteiger partial charge in [-0.2, -0.15) is 0 Å². The van der Waals surface area contributed by atoms with Crippen molar-refractivity contribution in [1.29, 1.82) is 0 Å². The number of likely N-dealkylation sites (tertiary alicyclic amines) is 1. The molecule has 8 nitrogen and oxygen atoms in total. The number of hydrogen-bond acceptors (Lipinski definition) is 6. The second-order valence-electron chi connectivity index (χ2n) is 10.8. The summed E-state index contributed by atoms with van der Waals surface area (Å²) in [5, 5.41) is 15.6. The average Bonchev–Trinajstić information content (AvgIpc) is 3.39. The van der Waals surface area contributed by atoms with Gasteiger partial charge in [0.2, 0.25) is 17.7 Å². The van der Waals surface area contributed by atoms with Gasteiger partial charge in [0.15, 0.2) is 0 Å². The first-order valence-electron chi connectivity index (χ1n) is 11.9. The van der Waals surface area contributed by atoms with Crippen LogP contribution in [0.1, 0.15) is 52.3 Å². The number of hydrogen-bond donors (Lipinski definition) is 3. The normalized spacial score (nSPS) is 19.2. The number of nitrogens with zero attached hydrogens (tertiary/aromatic N) is 2. The van der Waals surface area contributed by atoms with Crippen molar-refractivity contribution in [2.45, 2.75) is 78.4 Å². The van der Waals surface area contributed by atoms with Crippen LogP contribution in [0.5, 0.6) is 0 Å². The third-order valence-electron chi connectivity index (χ3n) is 6.18. The molecule has 10 heteroatoms. The van der Waals surface area contributed by atoms with E-state index in [9.17, 15) is 19.5 Å². The van der Waals surface area contributed by atoms with Crippen molar-refractivity contribution in [3.8, 4) is 10.4 Å². The van der Waals surface area contributed by atoms with E-state index in [1.54, 1.807) is 37.6 Å². The van der Waals surface area contributed by atoms with Crippen LogP contribution in [0.25, 0.3) is 10.4 Å². The highest BCUT2D eigenvalue weighted by Gasteiger charge is 2.46. The number of alkyl halides is 1. The van der Waals surface area contributed by atoms with E-state index in [-0.39, 0.29) is 19.5 Å². The van der Waals surface area contributed by atoms with Gasteiger partial charge in [-0.25, -0.2) is 9.37 Å². The molecule has 3 amide bonds. The second kappa shape index (κ2) is 10.6. The van der Waals surface area contributed by atoms with E-state index in [2.05, 4.69) is 15.6 Å². The molecule has 0 saturated carbocycles. The minimum Gasteiger partial charge on any atom is -0.391 e. The topological polar surface area (TPSA) is 112 Å². The predicted molar refractivity (Wildman–Crippen MR) is 137 cm³/mol. The van der Waals surface area contributed by atoms with E-state index >= 15 is 4.39 Å². The first kappa shape index (κ1) is 27.7. The highest BCUT2D eigenvalue weighted by molar-refractivity contribution is 7.13. The summed E-state index contributed by atoms with van der Waals surface area (Å²) in [6.07, 6.45) is -0.887. The second-order valence-corrected chi connectivity index (χ2v) is 11.7. The highest BCUT2D eigenvalue weighted by atomic mass is 32.1. The molecule has 3 atom stereocenters. The number of aliphatic hydroxyl groups is 1. The summed E-state index contributed by atoms with van der Waals surface area (Å²) < 4.78 is 15.0. The lowest BCUT2D eigenvalue weighted by molar-refractivity contribution is -0.146. The molecule has 2 heterocycles. The summed E-state index contributed by atoms with van der Waals surface area (Å²) in [6.45, 7) is 9.47. The summed E-state index contributed by atoms with van der Waals surface area (Å²) in [6, 6.07) is 5.28. The smallest absolute Gasteiger partial charge is 0.249 e. The number of thiazole rings is 1. The Morgan fingerprint density at radius 3 is 2.36 bits per heavy atom. The van der Waals surface area contributed by atoms with Gasteiger partial charge in [-0.15, -0.1) is 11.3 Å². The molecule has 3 N–H and O–H groups in total. The van der Waals surface area contributed by atoms with Gasteiger partial charge in [-0.05, 0) is 31.9 Å². The van der Waals surface area contributed by atoms with Crippen molar-refractivity contribution >= 4 is 29.1 Å². The zero-order chi connectivity index (χ0) is 26.8. The number of benzene rings is 1. The summed E-state index contributed by atoms with van der Waals surface area (Å²) in [7, 11) is 0. The first-order valence-corrected chi connectivity index (χ1v) is 12.8. The van der Waals surface area contributed by atoms with Crippen LogP contribution in [0.2, 0.25) is 0 Å². The Bertz CT molecular complexity index is 1100. The maximum Gasteiger partial charge on any atom is 0.249 e. The van der Waals surface area contributed by atoms with Crippen molar-refractivity contribution in [2.24, 2.45) is 5.41 Å².